The first kappa shape index (κ1) is 15.1. The lowest BCUT2D eigenvalue weighted by molar-refractivity contribution is 0.600. The summed E-state index contributed by atoms with van der Waals surface area (Å²) in [7, 11) is -3.73. The number of aryl methyl sites for hydroxylation is 1. The summed E-state index contributed by atoms with van der Waals surface area (Å²) in [6.45, 7) is 1.70. The fraction of sp³-hybridized carbons (Fsp3) is 0.0833. The highest BCUT2D eigenvalue weighted by Gasteiger charge is 2.17. The van der Waals surface area contributed by atoms with Crippen molar-refractivity contribution in [2.24, 2.45) is 0 Å². The van der Waals surface area contributed by atoms with E-state index in [9.17, 15) is 8.42 Å². The van der Waals surface area contributed by atoms with Crippen LogP contribution in [0, 0.1) is 6.92 Å². The summed E-state index contributed by atoms with van der Waals surface area (Å²) < 4.78 is 27.6. The molecule has 0 fully saturated rings. The molecule has 0 amide bonds. The number of rotatable bonds is 3. The van der Waals surface area contributed by atoms with Gasteiger partial charge in [0.2, 0.25) is 0 Å². The van der Waals surface area contributed by atoms with Crippen molar-refractivity contribution in [1.82, 2.24) is 4.98 Å². The van der Waals surface area contributed by atoms with Gasteiger partial charge in [-0.05, 0) is 46.6 Å². The SMILES string of the molecule is Cc1ccc(N)cc1S(=O)(=O)Nc1cnc(Cl)c(Br)c1. The first-order valence-electron chi connectivity index (χ1n) is 5.49. The average Bonchev–Trinajstić information content (AvgIpc) is 2.36. The number of benzene rings is 1. The Balaban J connectivity index is 2.40. The van der Waals surface area contributed by atoms with Crippen LogP contribution in [0.2, 0.25) is 5.15 Å². The Labute approximate surface area is 130 Å². The summed E-state index contributed by atoms with van der Waals surface area (Å²) in [5.41, 5.74) is 6.93. The number of nitrogens with two attached hydrogens (primary N) is 1. The van der Waals surface area contributed by atoms with E-state index in [1.165, 1.54) is 18.3 Å². The minimum atomic E-state index is -3.73. The molecule has 0 saturated heterocycles. The Morgan fingerprint density at radius 2 is 2.05 bits per heavy atom. The first-order valence-corrected chi connectivity index (χ1v) is 8.15. The molecule has 0 bridgehead atoms. The molecular weight excluding hydrogens is 366 g/mol. The van der Waals surface area contributed by atoms with Gasteiger partial charge in [-0.3, -0.25) is 4.72 Å². The fourth-order valence-corrected chi connectivity index (χ4v) is 3.36. The second-order valence-electron chi connectivity index (χ2n) is 4.13. The van der Waals surface area contributed by atoms with Gasteiger partial charge in [-0.2, -0.15) is 0 Å². The summed E-state index contributed by atoms with van der Waals surface area (Å²) in [5.74, 6) is 0. The van der Waals surface area contributed by atoms with Crippen LogP contribution in [0.4, 0.5) is 11.4 Å². The van der Waals surface area contributed by atoms with Crippen LogP contribution in [-0.4, -0.2) is 13.4 Å². The normalized spacial score (nSPS) is 11.3. The Bertz CT molecular complexity index is 765. The molecule has 0 spiro atoms. The molecule has 0 atom stereocenters. The summed E-state index contributed by atoms with van der Waals surface area (Å²) >= 11 is 8.95. The highest BCUT2D eigenvalue weighted by atomic mass is 79.9. The van der Waals surface area contributed by atoms with E-state index in [1.807, 2.05) is 0 Å². The first-order chi connectivity index (χ1) is 9.29. The zero-order chi connectivity index (χ0) is 14.9. The Morgan fingerprint density at radius 1 is 1.35 bits per heavy atom. The molecule has 2 aromatic rings. The lowest BCUT2D eigenvalue weighted by Gasteiger charge is -2.11. The van der Waals surface area contributed by atoms with Gasteiger partial charge in [0.15, 0.2) is 0 Å². The van der Waals surface area contributed by atoms with Crippen LogP contribution in [-0.2, 0) is 10.0 Å². The quantitative estimate of drug-likeness (QED) is 0.636. The Kier molecular flexibility index (Phi) is 4.22. The topological polar surface area (TPSA) is 85.1 Å². The lowest BCUT2D eigenvalue weighted by atomic mass is 10.2. The van der Waals surface area contributed by atoms with Gasteiger partial charge in [-0.25, -0.2) is 13.4 Å². The number of aromatic nitrogens is 1. The molecule has 0 aliphatic heterocycles. The van der Waals surface area contributed by atoms with E-state index in [4.69, 9.17) is 17.3 Å². The zero-order valence-corrected chi connectivity index (χ0v) is 13.6. The summed E-state index contributed by atoms with van der Waals surface area (Å²) in [6, 6.07) is 6.25. The van der Waals surface area contributed by atoms with E-state index in [1.54, 1.807) is 19.1 Å². The Hall–Kier alpha value is -1.31. The van der Waals surface area contributed by atoms with Crippen molar-refractivity contribution < 1.29 is 8.42 Å². The second kappa shape index (κ2) is 5.59. The van der Waals surface area contributed by atoms with Gasteiger partial charge in [0.05, 0.1) is 21.3 Å². The van der Waals surface area contributed by atoms with Crippen LogP contribution in [0.25, 0.3) is 0 Å². The van der Waals surface area contributed by atoms with Gasteiger partial charge in [-0.15, -0.1) is 0 Å². The predicted octanol–water partition coefficient (Wildman–Crippen LogP) is 3.19. The van der Waals surface area contributed by atoms with Crippen molar-refractivity contribution in [3.8, 4) is 0 Å². The van der Waals surface area contributed by atoms with Crippen molar-refractivity contribution >= 4 is 48.9 Å². The van der Waals surface area contributed by atoms with Gasteiger partial charge in [0, 0.05) is 5.69 Å². The number of hydrogen-bond donors (Lipinski definition) is 2. The zero-order valence-electron chi connectivity index (χ0n) is 10.4. The number of anilines is 2. The number of nitrogen functional groups attached to an aromatic ring is 1. The highest BCUT2D eigenvalue weighted by molar-refractivity contribution is 9.10. The second-order valence-corrected chi connectivity index (χ2v) is 6.99. The monoisotopic (exact) mass is 375 g/mol. The van der Waals surface area contributed by atoms with Crippen LogP contribution in [0.15, 0.2) is 39.8 Å². The van der Waals surface area contributed by atoms with Crippen molar-refractivity contribution in [2.75, 3.05) is 10.5 Å². The van der Waals surface area contributed by atoms with Crippen molar-refractivity contribution in [1.29, 1.82) is 0 Å². The lowest BCUT2D eigenvalue weighted by Crippen LogP contribution is -2.14. The minimum absolute atomic E-state index is 0.128. The maximum atomic E-state index is 12.3. The summed E-state index contributed by atoms with van der Waals surface area (Å²) in [5, 5.41) is 0.257. The molecule has 3 N–H and O–H groups in total. The molecule has 8 heteroatoms. The average molecular weight is 377 g/mol. The van der Waals surface area contributed by atoms with E-state index in [-0.39, 0.29) is 10.0 Å². The third kappa shape index (κ3) is 3.23. The fourth-order valence-electron chi connectivity index (χ4n) is 1.59. The van der Waals surface area contributed by atoms with Gasteiger partial charge in [-0.1, -0.05) is 17.7 Å². The largest absolute Gasteiger partial charge is 0.399 e. The third-order valence-electron chi connectivity index (χ3n) is 2.55. The minimum Gasteiger partial charge on any atom is -0.399 e. The van der Waals surface area contributed by atoms with Crippen LogP contribution in [0.1, 0.15) is 5.56 Å². The molecule has 0 aliphatic carbocycles. The summed E-state index contributed by atoms with van der Waals surface area (Å²) in [6.07, 6.45) is 1.34. The molecule has 106 valence electrons. The molecule has 1 aromatic carbocycles. The molecule has 0 aliphatic rings. The molecule has 0 radical (unpaired) electrons. The number of hydrogen-bond acceptors (Lipinski definition) is 4. The van der Waals surface area contributed by atoms with E-state index in [0.717, 1.165) is 0 Å². The maximum absolute atomic E-state index is 12.3. The molecule has 5 nitrogen and oxygen atoms in total. The van der Waals surface area contributed by atoms with Gasteiger partial charge < -0.3 is 5.73 Å². The van der Waals surface area contributed by atoms with Crippen LogP contribution in [0.5, 0.6) is 0 Å². The maximum Gasteiger partial charge on any atom is 0.262 e. The molecule has 1 aromatic heterocycles. The third-order valence-corrected chi connectivity index (χ3v) is 5.21. The number of pyridine rings is 1. The molecule has 1 heterocycles. The van der Waals surface area contributed by atoms with Gasteiger partial charge in [0.1, 0.15) is 5.15 Å². The molecule has 0 saturated carbocycles. The number of sulfonamides is 1. The molecule has 20 heavy (non-hydrogen) atoms. The molecule has 0 unspecified atom stereocenters. The molecule has 2 rings (SSSR count). The van der Waals surface area contributed by atoms with E-state index >= 15 is 0 Å². The number of halogens is 2. The van der Waals surface area contributed by atoms with Crippen LogP contribution in [0.3, 0.4) is 0 Å². The van der Waals surface area contributed by atoms with Crippen LogP contribution < -0.4 is 10.5 Å². The van der Waals surface area contributed by atoms with E-state index in [0.29, 0.717) is 21.4 Å². The van der Waals surface area contributed by atoms with Gasteiger partial charge in [0.25, 0.3) is 10.0 Å². The van der Waals surface area contributed by atoms with Crippen LogP contribution >= 0.6 is 27.5 Å². The van der Waals surface area contributed by atoms with E-state index < -0.39 is 10.0 Å². The number of nitrogens with one attached hydrogen (secondary N) is 1. The van der Waals surface area contributed by atoms with Crippen molar-refractivity contribution in [2.45, 2.75) is 11.8 Å². The highest BCUT2D eigenvalue weighted by Crippen LogP contribution is 2.26. The van der Waals surface area contributed by atoms with Gasteiger partial charge >= 0.3 is 0 Å². The number of nitrogens with zero attached hydrogens (tertiary/aromatic N) is 1. The van der Waals surface area contributed by atoms with Crippen molar-refractivity contribution in [3.63, 3.8) is 0 Å². The molecular formula is C12H11BrClN3O2S. The van der Waals surface area contributed by atoms with Crippen molar-refractivity contribution in [3.05, 3.63) is 45.7 Å². The Morgan fingerprint density at radius 3 is 2.70 bits per heavy atom. The predicted molar refractivity (Wildman–Crippen MR) is 83.3 cm³/mol. The standard InChI is InChI=1S/C12H11BrClN3O2S/c1-7-2-3-8(15)4-11(7)20(18,19)17-9-5-10(13)12(14)16-6-9/h2-6,17H,15H2,1H3. The smallest absolute Gasteiger partial charge is 0.262 e. The van der Waals surface area contributed by atoms with E-state index in [2.05, 4.69) is 25.6 Å². The summed E-state index contributed by atoms with van der Waals surface area (Å²) in [4.78, 5) is 3.99.